The topological polar surface area (TPSA) is 49.4 Å². The molecule has 0 spiro atoms. The molecule has 1 aliphatic rings. The zero-order valence-corrected chi connectivity index (χ0v) is 13.1. The van der Waals surface area contributed by atoms with E-state index < -0.39 is 5.41 Å². The fourth-order valence-corrected chi connectivity index (χ4v) is 2.62. The minimum Gasteiger partial charge on any atom is -0.341 e. The Bertz CT molecular complexity index is 505. The molecule has 0 bridgehead atoms. The molecule has 1 saturated heterocycles. The Balaban J connectivity index is 1.98. The predicted octanol–water partition coefficient (Wildman–Crippen LogP) is 2.91. The number of nitrogens with one attached hydrogen (secondary N) is 1. The van der Waals surface area contributed by atoms with Gasteiger partial charge in [-0.3, -0.25) is 9.59 Å². The molecule has 1 atom stereocenters. The summed E-state index contributed by atoms with van der Waals surface area (Å²) in [5.74, 6) is 0.0116. The second-order valence-corrected chi connectivity index (χ2v) is 6.70. The van der Waals surface area contributed by atoms with E-state index in [1.807, 2.05) is 56.0 Å². The molecule has 4 heteroatoms. The number of nitrogens with zero attached hydrogens (tertiary/aromatic N) is 1. The third-order valence-electron chi connectivity index (χ3n) is 3.76. The molecule has 1 fully saturated rings. The van der Waals surface area contributed by atoms with Crippen LogP contribution in [-0.2, 0) is 9.59 Å². The lowest BCUT2D eigenvalue weighted by Crippen LogP contribution is -2.47. The largest absolute Gasteiger partial charge is 0.341 e. The SMILES string of the molecule is CC(C)(C)C(=O)N1CCCC(C(=O)Nc2ccccc2)C1. The summed E-state index contributed by atoms with van der Waals surface area (Å²) >= 11 is 0. The molecule has 4 nitrogen and oxygen atoms in total. The van der Waals surface area contributed by atoms with Gasteiger partial charge in [-0.2, -0.15) is 0 Å². The molecular formula is C17H24N2O2. The first-order valence-electron chi connectivity index (χ1n) is 7.53. The lowest BCUT2D eigenvalue weighted by Gasteiger charge is -2.35. The van der Waals surface area contributed by atoms with E-state index in [2.05, 4.69) is 5.32 Å². The molecule has 0 saturated carbocycles. The third-order valence-corrected chi connectivity index (χ3v) is 3.76. The van der Waals surface area contributed by atoms with Crippen LogP contribution in [0.4, 0.5) is 5.69 Å². The first-order valence-corrected chi connectivity index (χ1v) is 7.53. The van der Waals surface area contributed by atoms with Crippen LogP contribution in [0.15, 0.2) is 30.3 Å². The van der Waals surface area contributed by atoms with Gasteiger partial charge in [-0.25, -0.2) is 0 Å². The third kappa shape index (κ3) is 4.06. The van der Waals surface area contributed by atoms with Crippen LogP contribution >= 0.6 is 0 Å². The molecule has 1 aromatic rings. The summed E-state index contributed by atoms with van der Waals surface area (Å²) in [7, 11) is 0. The summed E-state index contributed by atoms with van der Waals surface area (Å²) < 4.78 is 0. The number of rotatable bonds is 2. The highest BCUT2D eigenvalue weighted by molar-refractivity contribution is 5.93. The van der Waals surface area contributed by atoms with Crippen LogP contribution in [0.1, 0.15) is 33.6 Å². The summed E-state index contributed by atoms with van der Waals surface area (Å²) in [6, 6.07) is 9.45. The van der Waals surface area contributed by atoms with Gasteiger partial charge in [-0.05, 0) is 25.0 Å². The van der Waals surface area contributed by atoms with Crippen LogP contribution in [0.2, 0.25) is 0 Å². The van der Waals surface area contributed by atoms with Gasteiger partial charge in [0.1, 0.15) is 0 Å². The van der Waals surface area contributed by atoms with Crippen LogP contribution in [0.5, 0.6) is 0 Å². The number of benzene rings is 1. The number of amides is 2. The molecule has 0 aliphatic carbocycles. The number of likely N-dealkylation sites (tertiary alicyclic amines) is 1. The van der Waals surface area contributed by atoms with Crippen molar-refractivity contribution in [2.24, 2.45) is 11.3 Å². The number of carbonyl (C=O) groups excluding carboxylic acids is 2. The van der Waals surface area contributed by atoms with Crippen molar-refractivity contribution >= 4 is 17.5 Å². The Labute approximate surface area is 126 Å². The normalized spacial score (nSPS) is 19.2. The number of piperidine rings is 1. The Morgan fingerprint density at radius 2 is 1.86 bits per heavy atom. The fraction of sp³-hybridized carbons (Fsp3) is 0.529. The second-order valence-electron chi connectivity index (χ2n) is 6.70. The van der Waals surface area contributed by atoms with E-state index >= 15 is 0 Å². The van der Waals surface area contributed by atoms with Gasteiger partial charge in [0.25, 0.3) is 0 Å². The van der Waals surface area contributed by atoms with Gasteiger partial charge in [0.2, 0.25) is 11.8 Å². The molecule has 1 aromatic carbocycles. The Morgan fingerprint density at radius 3 is 2.48 bits per heavy atom. The van der Waals surface area contributed by atoms with E-state index in [1.54, 1.807) is 0 Å². The van der Waals surface area contributed by atoms with E-state index in [0.29, 0.717) is 6.54 Å². The molecule has 1 heterocycles. The minimum absolute atomic E-state index is 0.00705. The van der Waals surface area contributed by atoms with E-state index in [1.165, 1.54) is 0 Å². The predicted molar refractivity (Wildman–Crippen MR) is 83.8 cm³/mol. The second kappa shape index (κ2) is 6.29. The van der Waals surface area contributed by atoms with Crippen LogP contribution in [0.25, 0.3) is 0 Å². The van der Waals surface area contributed by atoms with Crippen molar-refractivity contribution < 1.29 is 9.59 Å². The lowest BCUT2D eigenvalue weighted by molar-refractivity contribution is -0.142. The maximum atomic E-state index is 12.3. The van der Waals surface area contributed by atoms with Gasteiger partial charge in [0.15, 0.2) is 0 Å². The highest BCUT2D eigenvalue weighted by Crippen LogP contribution is 2.24. The molecule has 1 unspecified atom stereocenters. The van der Waals surface area contributed by atoms with Gasteiger partial charge in [-0.15, -0.1) is 0 Å². The van der Waals surface area contributed by atoms with Crippen LogP contribution < -0.4 is 5.32 Å². The molecule has 0 aromatic heterocycles. The monoisotopic (exact) mass is 288 g/mol. The number of hydrogen-bond donors (Lipinski definition) is 1. The van der Waals surface area contributed by atoms with Gasteiger partial charge in [0, 0.05) is 24.2 Å². The maximum absolute atomic E-state index is 12.3. The zero-order valence-electron chi connectivity index (χ0n) is 13.1. The molecule has 2 amide bonds. The zero-order chi connectivity index (χ0) is 15.5. The summed E-state index contributed by atoms with van der Waals surface area (Å²) in [6.45, 7) is 7.04. The Kier molecular flexibility index (Phi) is 4.66. The molecule has 1 N–H and O–H groups in total. The fourth-order valence-electron chi connectivity index (χ4n) is 2.62. The van der Waals surface area contributed by atoms with Crippen molar-refractivity contribution in [3.05, 3.63) is 30.3 Å². The number of carbonyl (C=O) groups is 2. The average Bonchev–Trinajstić information content (AvgIpc) is 2.46. The Morgan fingerprint density at radius 1 is 1.19 bits per heavy atom. The summed E-state index contributed by atoms with van der Waals surface area (Å²) in [5, 5.41) is 2.93. The van der Waals surface area contributed by atoms with Crippen LogP contribution in [-0.4, -0.2) is 29.8 Å². The Hall–Kier alpha value is -1.84. The van der Waals surface area contributed by atoms with Crippen molar-refractivity contribution in [2.45, 2.75) is 33.6 Å². The molecule has 1 aliphatic heterocycles. The highest BCUT2D eigenvalue weighted by Gasteiger charge is 2.33. The van der Waals surface area contributed by atoms with Crippen LogP contribution in [0.3, 0.4) is 0 Å². The maximum Gasteiger partial charge on any atom is 0.229 e. The van der Waals surface area contributed by atoms with E-state index in [0.717, 1.165) is 25.1 Å². The van der Waals surface area contributed by atoms with Gasteiger partial charge in [0.05, 0.1) is 5.92 Å². The molecule has 114 valence electrons. The van der Waals surface area contributed by atoms with E-state index in [4.69, 9.17) is 0 Å². The molecule has 2 rings (SSSR count). The van der Waals surface area contributed by atoms with Crippen molar-refractivity contribution in [3.8, 4) is 0 Å². The standard InChI is InChI=1S/C17H24N2O2/c1-17(2,3)16(21)19-11-7-8-13(12-19)15(20)18-14-9-5-4-6-10-14/h4-6,9-10,13H,7-8,11-12H2,1-3H3,(H,18,20). The van der Waals surface area contributed by atoms with Crippen molar-refractivity contribution in [1.29, 1.82) is 0 Å². The summed E-state index contributed by atoms with van der Waals surface area (Å²) in [5.41, 5.74) is 0.416. The molecular weight excluding hydrogens is 264 g/mol. The van der Waals surface area contributed by atoms with E-state index in [9.17, 15) is 9.59 Å². The van der Waals surface area contributed by atoms with Crippen molar-refractivity contribution in [3.63, 3.8) is 0 Å². The van der Waals surface area contributed by atoms with Gasteiger partial charge in [-0.1, -0.05) is 39.0 Å². The van der Waals surface area contributed by atoms with Gasteiger partial charge >= 0.3 is 0 Å². The van der Waals surface area contributed by atoms with Crippen molar-refractivity contribution in [1.82, 2.24) is 4.90 Å². The highest BCUT2D eigenvalue weighted by atomic mass is 16.2. The first kappa shape index (κ1) is 15.5. The average molecular weight is 288 g/mol. The molecule has 21 heavy (non-hydrogen) atoms. The molecule has 0 radical (unpaired) electrons. The summed E-state index contributed by atoms with van der Waals surface area (Å²) in [6.07, 6.45) is 1.72. The number of hydrogen-bond acceptors (Lipinski definition) is 2. The quantitative estimate of drug-likeness (QED) is 0.909. The lowest BCUT2D eigenvalue weighted by atomic mass is 9.91. The summed E-state index contributed by atoms with van der Waals surface area (Å²) in [4.78, 5) is 26.5. The minimum atomic E-state index is -0.391. The number of anilines is 1. The van der Waals surface area contributed by atoms with E-state index in [-0.39, 0.29) is 17.7 Å². The van der Waals surface area contributed by atoms with Crippen LogP contribution in [0, 0.1) is 11.3 Å². The van der Waals surface area contributed by atoms with Crippen molar-refractivity contribution in [2.75, 3.05) is 18.4 Å². The van der Waals surface area contributed by atoms with Gasteiger partial charge < -0.3 is 10.2 Å². The first-order chi connectivity index (χ1) is 9.88. The smallest absolute Gasteiger partial charge is 0.229 e. The number of para-hydroxylation sites is 1.